The zero-order valence-electron chi connectivity index (χ0n) is 11.6. The molecule has 0 aliphatic carbocycles. The first-order chi connectivity index (χ1) is 9.63. The van der Waals surface area contributed by atoms with E-state index in [1.807, 2.05) is 6.92 Å². The molecule has 1 aromatic rings. The van der Waals surface area contributed by atoms with E-state index in [4.69, 9.17) is 32.7 Å². The summed E-state index contributed by atoms with van der Waals surface area (Å²) in [6.07, 6.45) is 0.352. The molecule has 0 fully saturated rings. The molecular weight excluding hydrogens is 301 g/mol. The van der Waals surface area contributed by atoms with Crippen LogP contribution in [0, 0.1) is 0 Å². The van der Waals surface area contributed by atoms with Crippen LogP contribution in [0.3, 0.4) is 0 Å². The number of benzene rings is 1. The summed E-state index contributed by atoms with van der Waals surface area (Å²) in [5.74, 6) is 0.592. The zero-order valence-corrected chi connectivity index (χ0v) is 13.1. The Bertz CT molecular complexity index is 391. The summed E-state index contributed by atoms with van der Waals surface area (Å²) in [5, 5.41) is 13.8. The Morgan fingerprint density at radius 3 is 2.80 bits per heavy atom. The topological polar surface area (TPSA) is 50.7 Å². The van der Waals surface area contributed by atoms with Crippen LogP contribution in [0.2, 0.25) is 10.0 Å². The van der Waals surface area contributed by atoms with Crippen molar-refractivity contribution in [2.45, 2.75) is 19.4 Å². The van der Waals surface area contributed by atoms with Crippen molar-refractivity contribution >= 4 is 23.2 Å². The van der Waals surface area contributed by atoms with Crippen LogP contribution in [0.4, 0.5) is 0 Å². The minimum Gasteiger partial charge on any atom is -0.491 e. The largest absolute Gasteiger partial charge is 0.491 e. The highest BCUT2D eigenvalue weighted by atomic mass is 35.5. The van der Waals surface area contributed by atoms with E-state index < -0.39 is 6.10 Å². The van der Waals surface area contributed by atoms with Crippen molar-refractivity contribution in [3.8, 4) is 5.75 Å². The fourth-order valence-corrected chi connectivity index (χ4v) is 1.82. The first-order valence-corrected chi connectivity index (χ1v) is 7.43. The molecule has 0 aliphatic heterocycles. The molecule has 0 saturated carbocycles. The Morgan fingerprint density at radius 2 is 2.10 bits per heavy atom. The van der Waals surface area contributed by atoms with Gasteiger partial charge in [0.25, 0.3) is 0 Å². The van der Waals surface area contributed by atoms with Gasteiger partial charge in [0.2, 0.25) is 0 Å². The fourth-order valence-electron chi connectivity index (χ4n) is 1.53. The van der Waals surface area contributed by atoms with Crippen LogP contribution in [0.25, 0.3) is 0 Å². The molecule has 4 nitrogen and oxygen atoms in total. The lowest BCUT2D eigenvalue weighted by molar-refractivity contribution is 0.104. The molecule has 1 unspecified atom stereocenters. The monoisotopic (exact) mass is 321 g/mol. The molecular formula is C14H21Cl2NO3. The van der Waals surface area contributed by atoms with Gasteiger partial charge < -0.3 is 19.9 Å². The van der Waals surface area contributed by atoms with Gasteiger partial charge in [0.15, 0.2) is 0 Å². The summed E-state index contributed by atoms with van der Waals surface area (Å²) in [7, 11) is 0. The third-order valence-electron chi connectivity index (χ3n) is 2.56. The normalized spacial score (nSPS) is 12.4. The quantitative estimate of drug-likeness (QED) is 0.651. The van der Waals surface area contributed by atoms with Gasteiger partial charge in [0.05, 0.1) is 10.0 Å². The van der Waals surface area contributed by atoms with Crippen molar-refractivity contribution < 1.29 is 14.6 Å². The maximum atomic E-state index is 9.76. The van der Waals surface area contributed by atoms with E-state index >= 15 is 0 Å². The van der Waals surface area contributed by atoms with Gasteiger partial charge in [-0.05, 0) is 32.0 Å². The second-order valence-corrected chi connectivity index (χ2v) is 5.11. The number of aliphatic hydroxyl groups excluding tert-OH is 1. The molecule has 1 aromatic carbocycles. The fraction of sp³-hybridized carbons (Fsp3) is 0.571. The van der Waals surface area contributed by atoms with Crippen molar-refractivity contribution in [2.75, 3.05) is 32.9 Å². The number of ether oxygens (including phenoxy) is 2. The number of nitrogens with one attached hydrogen (secondary N) is 1. The molecule has 114 valence electrons. The molecule has 0 amide bonds. The van der Waals surface area contributed by atoms with E-state index in [-0.39, 0.29) is 6.61 Å². The summed E-state index contributed by atoms with van der Waals surface area (Å²) in [6, 6.07) is 5.01. The summed E-state index contributed by atoms with van der Waals surface area (Å²) >= 11 is 11.7. The molecule has 2 N–H and O–H groups in total. The summed E-state index contributed by atoms with van der Waals surface area (Å²) in [6.45, 7) is 4.94. The van der Waals surface area contributed by atoms with Gasteiger partial charge in [0, 0.05) is 25.8 Å². The van der Waals surface area contributed by atoms with E-state index in [9.17, 15) is 5.11 Å². The highest BCUT2D eigenvalue weighted by Gasteiger charge is 2.06. The SMILES string of the molecule is CCOCCCNCC(O)COc1ccc(Cl)c(Cl)c1. The molecule has 0 aliphatic rings. The summed E-state index contributed by atoms with van der Waals surface area (Å²) < 4.78 is 10.7. The molecule has 0 aromatic heterocycles. The molecule has 1 atom stereocenters. The van der Waals surface area contributed by atoms with Crippen LogP contribution in [0.5, 0.6) is 5.75 Å². The van der Waals surface area contributed by atoms with Gasteiger partial charge in [-0.2, -0.15) is 0 Å². The lowest BCUT2D eigenvalue weighted by Gasteiger charge is -2.13. The average Bonchev–Trinajstić information content (AvgIpc) is 2.44. The van der Waals surface area contributed by atoms with Crippen LogP contribution in [-0.2, 0) is 4.74 Å². The van der Waals surface area contributed by atoms with Crippen LogP contribution in [-0.4, -0.2) is 44.1 Å². The van der Waals surface area contributed by atoms with Crippen molar-refractivity contribution in [1.82, 2.24) is 5.32 Å². The lowest BCUT2D eigenvalue weighted by Crippen LogP contribution is -2.32. The molecule has 0 spiro atoms. The van der Waals surface area contributed by atoms with E-state index in [0.29, 0.717) is 22.3 Å². The molecule has 0 radical (unpaired) electrons. The molecule has 1 rings (SSSR count). The zero-order chi connectivity index (χ0) is 14.8. The molecule has 20 heavy (non-hydrogen) atoms. The first-order valence-electron chi connectivity index (χ1n) is 6.68. The number of hydrogen-bond donors (Lipinski definition) is 2. The van der Waals surface area contributed by atoms with Crippen molar-refractivity contribution in [3.63, 3.8) is 0 Å². The van der Waals surface area contributed by atoms with Gasteiger partial charge in [-0.1, -0.05) is 23.2 Å². The molecule has 0 bridgehead atoms. The minimum absolute atomic E-state index is 0.205. The molecule has 6 heteroatoms. The highest BCUT2D eigenvalue weighted by Crippen LogP contribution is 2.26. The second kappa shape index (κ2) is 10.2. The Hall–Kier alpha value is -0.520. The van der Waals surface area contributed by atoms with Gasteiger partial charge in [0.1, 0.15) is 18.5 Å². The Kier molecular flexibility index (Phi) is 8.98. The van der Waals surface area contributed by atoms with E-state index in [0.717, 1.165) is 26.2 Å². The average molecular weight is 322 g/mol. The molecule has 0 saturated heterocycles. The van der Waals surface area contributed by atoms with Crippen LogP contribution in [0.15, 0.2) is 18.2 Å². The minimum atomic E-state index is -0.573. The smallest absolute Gasteiger partial charge is 0.121 e. The summed E-state index contributed by atoms with van der Waals surface area (Å²) in [4.78, 5) is 0. The van der Waals surface area contributed by atoms with E-state index in [1.165, 1.54) is 0 Å². The highest BCUT2D eigenvalue weighted by molar-refractivity contribution is 6.42. The van der Waals surface area contributed by atoms with Crippen LogP contribution in [0.1, 0.15) is 13.3 Å². The van der Waals surface area contributed by atoms with Crippen molar-refractivity contribution in [1.29, 1.82) is 0 Å². The number of hydrogen-bond acceptors (Lipinski definition) is 4. The maximum Gasteiger partial charge on any atom is 0.121 e. The predicted molar refractivity (Wildman–Crippen MR) is 81.9 cm³/mol. The van der Waals surface area contributed by atoms with Crippen molar-refractivity contribution in [2.24, 2.45) is 0 Å². The summed E-state index contributed by atoms with van der Waals surface area (Å²) in [5.41, 5.74) is 0. The lowest BCUT2D eigenvalue weighted by atomic mass is 10.3. The Labute approximate surface area is 130 Å². The Balaban J connectivity index is 2.13. The van der Waals surface area contributed by atoms with E-state index in [1.54, 1.807) is 18.2 Å². The third kappa shape index (κ3) is 7.31. The predicted octanol–water partition coefficient (Wildman–Crippen LogP) is 2.75. The van der Waals surface area contributed by atoms with E-state index in [2.05, 4.69) is 5.32 Å². The number of halogens is 2. The van der Waals surface area contributed by atoms with Crippen LogP contribution >= 0.6 is 23.2 Å². The standard InChI is InChI=1S/C14H21Cl2NO3/c1-2-19-7-3-6-17-9-11(18)10-20-12-4-5-13(15)14(16)8-12/h4-5,8,11,17-18H,2-3,6-7,9-10H2,1H3. The Morgan fingerprint density at radius 1 is 1.30 bits per heavy atom. The number of rotatable bonds is 10. The number of aliphatic hydroxyl groups is 1. The van der Waals surface area contributed by atoms with Gasteiger partial charge in [-0.25, -0.2) is 0 Å². The van der Waals surface area contributed by atoms with Crippen molar-refractivity contribution in [3.05, 3.63) is 28.2 Å². The van der Waals surface area contributed by atoms with Crippen LogP contribution < -0.4 is 10.1 Å². The van der Waals surface area contributed by atoms with Gasteiger partial charge >= 0.3 is 0 Å². The third-order valence-corrected chi connectivity index (χ3v) is 3.30. The molecule has 0 heterocycles. The maximum absolute atomic E-state index is 9.76. The second-order valence-electron chi connectivity index (χ2n) is 4.30. The van der Waals surface area contributed by atoms with Gasteiger partial charge in [-0.15, -0.1) is 0 Å². The van der Waals surface area contributed by atoms with Gasteiger partial charge in [-0.3, -0.25) is 0 Å². The first kappa shape index (κ1) is 17.5.